The van der Waals surface area contributed by atoms with Crippen molar-refractivity contribution < 1.29 is 26.4 Å². The van der Waals surface area contributed by atoms with Crippen LogP contribution in [0.4, 0.5) is 18.9 Å². The number of sulfonamides is 1. The van der Waals surface area contributed by atoms with E-state index in [-0.39, 0.29) is 28.8 Å². The highest BCUT2D eigenvalue weighted by atomic mass is 32.2. The molecule has 0 saturated heterocycles. The highest BCUT2D eigenvalue weighted by molar-refractivity contribution is 8.00. The number of halogens is 3. The zero-order valence-electron chi connectivity index (χ0n) is 13.5. The van der Waals surface area contributed by atoms with Gasteiger partial charge in [-0.25, -0.2) is 8.42 Å². The molecular weight excluding hydrogens is 389 g/mol. The van der Waals surface area contributed by atoms with Crippen LogP contribution in [0.2, 0.25) is 0 Å². The SMILES string of the molecule is CS(=O)(=O)Nc1ccccc1CNC(=O)c1ccc(SC(F)(F)F)cc1. The molecule has 0 aromatic heterocycles. The third-order valence-corrected chi connectivity index (χ3v) is 4.43. The van der Waals surface area contributed by atoms with Gasteiger partial charge < -0.3 is 5.32 Å². The number of benzene rings is 2. The summed E-state index contributed by atoms with van der Waals surface area (Å²) in [6.45, 7) is 0.0522. The summed E-state index contributed by atoms with van der Waals surface area (Å²) in [5.74, 6) is -0.484. The molecule has 2 N–H and O–H groups in total. The predicted molar refractivity (Wildman–Crippen MR) is 94.4 cm³/mol. The summed E-state index contributed by atoms with van der Waals surface area (Å²) >= 11 is -0.258. The van der Waals surface area contributed by atoms with Gasteiger partial charge in [0.2, 0.25) is 10.0 Å². The van der Waals surface area contributed by atoms with Crippen LogP contribution >= 0.6 is 11.8 Å². The average molecular weight is 404 g/mol. The normalized spacial score (nSPS) is 11.8. The van der Waals surface area contributed by atoms with E-state index in [1.807, 2.05) is 0 Å². The molecule has 0 radical (unpaired) electrons. The lowest BCUT2D eigenvalue weighted by Gasteiger charge is -2.12. The summed E-state index contributed by atoms with van der Waals surface area (Å²) in [7, 11) is -3.47. The Hall–Kier alpha value is -2.20. The summed E-state index contributed by atoms with van der Waals surface area (Å²) in [5.41, 5.74) is -3.30. The Morgan fingerprint density at radius 1 is 1.08 bits per heavy atom. The van der Waals surface area contributed by atoms with E-state index in [0.717, 1.165) is 6.26 Å². The molecule has 2 aromatic carbocycles. The third-order valence-electron chi connectivity index (χ3n) is 3.10. The number of rotatable bonds is 6. The molecule has 0 fully saturated rings. The first-order valence-electron chi connectivity index (χ1n) is 7.23. The number of thioether (sulfide) groups is 1. The van der Waals surface area contributed by atoms with Crippen LogP contribution in [0, 0.1) is 0 Å². The summed E-state index contributed by atoms with van der Waals surface area (Å²) < 4.78 is 62.0. The van der Waals surface area contributed by atoms with Gasteiger partial charge in [-0.1, -0.05) is 18.2 Å². The van der Waals surface area contributed by atoms with Crippen molar-refractivity contribution in [3.05, 3.63) is 59.7 Å². The third kappa shape index (κ3) is 6.60. The van der Waals surface area contributed by atoms with Crippen LogP contribution in [0.1, 0.15) is 15.9 Å². The van der Waals surface area contributed by atoms with Crippen LogP contribution in [0.3, 0.4) is 0 Å². The molecule has 0 saturated carbocycles. The van der Waals surface area contributed by atoms with Crippen LogP contribution in [0.15, 0.2) is 53.4 Å². The monoisotopic (exact) mass is 404 g/mol. The molecule has 0 aliphatic rings. The van der Waals surface area contributed by atoms with E-state index in [2.05, 4.69) is 10.0 Å². The molecule has 5 nitrogen and oxygen atoms in total. The lowest BCUT2D eigenvalue weighted by atomic mass is 10.1. The first-order valence-corrected chi connectivity index (χ1v) is 9.94. The molecular formula is C16H15F3N2O3S2. The highest BCUT2D eigenvalue weighted by Gasteiger charge is 2.29. The zero-order valence-corrected chi connectivity index (χ0v) is 15.1. The van der Waals surface area contributed by atoms with Crippen LogP contribution in [0.5, 0.6) is 0 Å². The molecule has 140 valence electrons. The fourth-order valence-corrected chi connectivity index (χ4v) is 3.20. The molecule has 2 aromatic rings. The first kappa shape index (κ1) is 20.1. The van der Waals surface area contributed by atoms with Crippen molar-refractivity contribution in [2.24, 2.45) is 0 Å². The Morgan fingerprint density at radius 2 is 1.69 bits per heavy atom. The number of nitrogens with one attached hydrogen (secondary N) is 2. The van der Waals surface area contributed by atoms with E-state index in [0.29, 0.717) is 11.3 Å². The quantitative estimate of drug-likeness (QED) is 0.722. The van der Waals surface area contributed by atoms with E-state index in [4.69, 9.17) is 0 Å². The molecule has 0 bridgehead atoms. The molecule has 1 amide bonds. The van der Waals surface area contributed by atoms with Gasteiger partial charge in [-0.15, -0.1) is 0 Å². The smallest absolute Gasteiger partial charge is 0.348 e. The van der Waals surface area contributed by atoms with Gasteiger partial charge in [0.25, 0.3) is 5.91 Å². The summed E-state index contributed by atoms with van der Waals surface area (Å²) in [4.78, 5) is 12.1. The Labute approximate surface area is 153 Å². The van der Waals surface area contributed by atoms with Crippen LogP contribution in [-0.4, -0.2) is 26.1 Å². The number of amides is 1. The van der Waals surface area contributed by atoms with Gasteiger partial charge in [0, 0.05) is 17.0 Å². The molecule has 0 aliphatic carbocycles. The van der Waals surface area contributed by atoms with Gasteiger partial charge in [-0.2, -0.15) is 13.2 Å². The Kier molecular flexibility index (Phi) is 6.19. The molecule has 0 atom stereocenters. The Morgan fingerprint density at radius 3 is 2.27 bits per heavy atom. The van der Waals surface area contributed by atoms with Crippen molar-refractivity contribution in [1.82, 2.24) is 5.32 Å². The van der Waals surface area contributed by atoms with E-state index < -0.39 is 21.4 Å². The van der Waals surface area contributed by atoms with Crippen molar-refractivity contribution in [2.75, 3.05) is 11.0 Å². The molecule has 0 spiro atoms. The van der Waals surface area contributed by atoms with Crippen molar-refractivity contribution in [1.29, 1.82) is 0 Å². The van der Waals surface area contributed by atoms with Gasteiger partial charge in [-0.3, -0.25) is 9.52 Å². The Bertz CT molecular complexity index is 882. The maximum Gasteiger partial charge on any atom is 0.446 e. The minimum atomic E-state index is -4.39. The average Bonchev–Trinajstić information content (AvgIpc) is 2.51. The second-order valence-corrected chi connectivity index (χ2v) is 8.17. The topological polar surface area (TPSA) is 75.3 Å². The lowest BCUT2D eigenvalue weighted by molar-refractivity contribution is -0.0328. The second kappa shape index (κ2) is 8.00. The number of carbonyl (C=O) groups excluding carboxylic acids is 1. The van der Waals surface area contributed by atoms with Gasteiger partial charge in [0.1, 0.15) is 0 Å². The standard InChI is InChI=1S/C16H15F3N2O3S2/c1-26(23,24)21-14-5-3-2-4-12(14)10-20-15(22)11-6-8-13(9-7-11)25-16(17,18)19/h2-9,21H,10H2,1H3,(H,20,22). The number of carbonyl (C=O) groups is 1. The predicted octanol–water partition coefficient (Wildman–Crippen LogP) is 3.60. The van der Waals surface area contributed by atoms with E-state index >= 15 is 0 Å². The number of alkyl halides is 3. The van der Waals surface area contributed by atoms with Crippen molar-refractivity contribution >= 4 is 33.4 Å². The molecule has 26 heavy (non-hydrogen) atoms. The fourth-order valence-electron chi connectivity index (χ4n) is 2.06. The maximum absolute atomic E-state index is 12.3. The lowest BCUT2D eigenvalue weighted by Crippen LogP contribution is -2.23. The number of para-hydroxylation sites is 1. The van der Waals surface area contributed by atoms with Crippen molar-refractivity contribution in [2.45, 2.75) is 16.9 Å². The molecule has 0 heterocycles. The maximum atomic E-state index is 12.3. The summed E-state index contributed by atoms with van der Waals surface area (Å²) in [5, 5.41) is 2.61. The summed E-state index contributed by atoms with van der Waals surface area (Å²) in [6, 6.07) is 11.6. The van der Waals surface area contributed by atoms with Crippen LogP contribution in [0.25, 0.3) is 0 Å². The van der Waals surface area contributed by atoms with Crippen molar-refractivity contribution in [3.63, 3.8) is 0 Å². The highest BCUT2D eigenvalue weighted by Crippen LogP contribution is 2.36. The second-order valence-electron chi connectivity index (χ2n) is 5.29. The van der Waals surface area contributed by atoms with Crippen molar-refractivity contribution in [3.8, 4) is 0 Å². The van der Waals surface area contributed by atoms with Gasteiger partial charge in [0.05, 0.1) is 11.9 Å². The van der Waals surface area contributed by atoms with Gasteiger partial charge in [0.15, 0.2) is 0 Å². The number of anilines is 1. The van der Waals surface area contributed by atoms with Crippen LogP contribution < -0.4 is 10.0 Å². The van der Waals surface area contributed by atoms with Crippen LogP contribution in [-0.2, 0) is 16.6 Å². The first-order chi connectivity index (χ1) is 12.0. The molecule has 0 aliphatic heterocycles. The van der Waals surface area contributed by atoms with Gasteiger partial charge >= 0.3 is 5.51 Å². The van der Waals surface area contributed by atoms with Gasteiger partial charge in [-0.05, 0) is 47.7 Å². The fraction of sp³-hybridized carbons (Fsp3) is 0.188. The Balaban J connectivity index is 2.03. The molecule has 2 rings (SSSR count). The largest absolute Gasteiger partial charge is 0.446 e. The van der Waals surface area contributed by atoms with E-state index in [1.54, 1.807) is 24.3 Å². The molecule has 0 unspecified atom stereocenters. The minimum Gasteiger partial charge on any atom is -0.348 e. The minimum absolute atomic E-state index is 0.0169. The van der Waals surface area contributed by atoms with E-state index in [1.165, 1.54) is 24.3 Å². The number of hydrogen-bond acceptors (Lipinski definition) is 4. The van der Waals surface area contributed by atoms with E-state index in [9.17, 15) is 26.4 Å². The summed E-state index contributed by atoms with van der Waals surface area (Å²) in [6.07, 6.45) is 1.02. The molecule has 10 heteroatoms. The number of hydrogen-bond donors (Lipinski definition) is 2. The zero-order chi connectivity index (χ0) is 19.4.